The number of hydrogen-bond donors (Lipinski definition) is 2. The van der Waals surface area contributed by atoms with E-state index in [0.717, 1.165) is 0 Å². The third-order valence-electron chi connectivity index (χ3n) is 3.55. The second-order valence-electron chi connectivity index (χ2n) is 5.23. The number of halogens is 1. The minimum absolute atomic E-state index is 0.0105. The molecule has 138 valence electrons. The lowest BCUT2D eigenvalue weighted by Crippen LogP contribution is -1.93. The summed E-state index contributed by atoms with van der Waals surface area (Å²) in [5.74, 6) is 0.345. The lowest BCUT2D eigenvalue weighted by atomic mass is 10.1. The van der Waals surface area contributed by atoms with Crippen LogP contribution in [-0.2, 0) is 0 Å². The molecule has 0 saturated heterocycles. The maximum atomic E-state index is 10.9. The summed E-state index contributed by atoms with van der Waals surface area (Å²) >= 11 is 4.61. The van der Waals surface area contributed by atoms with Gasteiger partial charge in [0.05, 0.1) is 28.4 Å². The number of benzene rings is 2. The molecule has 0 saturated carbocycles. The number of nitrogens with zero attached hydrogens (tertiary/aromatic N) is 3. The van der Waals surface area contributed by atoms with E-state index in [9.17, 15) is 15.2 Å². The van der Waals surface area contributed by atoms with Crippen LogP contribution in [0.3, 0.4) is 0 Å². The molecule has 0 bridgehead atoms. The Morgan fingerprint density at radius 2 is 2.22 bits per heavy atom. The van der Waals surface area contributed by atoms with Crippen LogP contribution in [0.2, 0.25) is 0 Å². The molecule has 27 heavy (non-hydrogen) atoms. The van der Waals surface area contributed by atoms with Crippen LogP contribution in [0.25, 0.3) is 11.3 Å². The van der Waals surface area contributed by atoms with Crippen LogP contribution >= 0.6 is 27.3 Å². The van der Waals surface area contributed by atoms with Gasteiger partial charge in [-0.3, -0.25) is 15.5 Å². The zero-order valence-corrected chi connectivity index (χ0v) is 16.3. The number of methoxy groups -OCH3 is 1. The Balaban J connectivity index is 1.73. The molecule has 1 aromatic heterocycles. The first-order valence-electron chi connectivity index (χ1n) is 7.54. The van der Waals surface area contributed by atoms with E-state index in [0.29, 0.717) is 32.2 Å². The van der Waals surface area contributed by atoms with Gasteiger partial charge in [-0.2, -0.15) is 5.10 Å². The standard InChI is InChI=1S/C17H13BrN4O4S/c1-26-14-6-5-11(15(18)16(14)23)8-19-21-17-20-13(9-27-17)10-3-2-4-12(7-10)22(24)25/h2-9,23H,1H3,(H,20,21)/b19-8+. The smallest absolute Gasteiger partial charge is 0.270 e. The Labute approximate surface area is 166 Å². The normalized spacial score (nSPS) is 10.9. The molecule has 3 rings (SSSR count). The second-order valence-corrected chi connectivity index (χ2v) is 6.89. The third-order valence-corrected chi connectivity index (χ3v) is 5.13. The Morgan fingerprint density at radius 3 is 2.96 bits per heavy atom. The number of non-ortho nitro benzene ring substituents is 1. The van der Waals surface area contributed by atoms with E-state index in [1.54, 1.807) is 29.6 Å². The van der Waals surface area contributed by atoms with Crippen molar-refractivity contribution in [2.24, 2.45) is 5.10 Å². The molecule has 1 heterocycles. The van der Waals surface area contributed by atoms with Crippen molar-refractivity contribution in [1.82, 2.24) is 4.98 Å². The van der Waals surface area contributed by atoms with Gasteiger partial charge in [-0.05, 0) is 28.1 Å². The van der Waals surface area contributed by atoms with Gasteiger partial charge in [0.1, 0.15) is 0 Å². The molecule has 0 spiro atoms. The number of ether oxygens (including phenoxy) is 1. The molecule has 0 unspecified atom stereocenters. The number of aromatic nitrogens is 1. The molecule has 0 aliphatic rings. The van der Waals surface area contributed by atoms with Gasteiger partial charge in [0.15, 0.2) is 11.5 Å². The zero-order valence-electron chi connectivity index (χ0n) is 13.9. The number of hydrazone groups is 1. The lowest BCUT2D eigenvalue weighted by molar-refractivity contribution is -0.384. The minimum Gasteiger partial charge on any atom is -0.503 e. The lowest BCUT2D eigenvalue weighted by Gasteiger charge is -2.06. The number of rotatable bonds is 6. The first kappa shape index (κ1) is 18.8. The molecule has 2 aromatic carbocycles. The number of phenolic OH excluding ortho intramolecular Hbond substituents is 1. The molecular weight excluding hydrogens is 436 g/mol. The molecule has 10 heteroatoms. The van der Waals surface area contributed by atoms with E-state index in [4.69, 9.17) is 4.74 Å². The summed E-state index contributed by atoms with van der Waals surface area (Å²) in [5.41, 5.74) is 4.73. The summed E-state index contributed by atoms with van der Waals surface area (Å²) in [6, 6.07) is 9.65. The van der Waals surface area contributed by atoms with Gasteiger partial charge < -0.3 is 9.84 Å². The zero-order chi connectivity index (χ0) is 19.4. The first-order valence-corrected chi connectivity index (χ1v) is 9.21. The van der Waals surface area contributed by atoms with Crippen LogP contribution in [0.5, 0.6) is 11.5 Å². The number of aromatic hydroxyl groups is 1. The molecule has 2 N–H and O–H groups in total. The SMILES string of the molecule is COc1ccc(/C=N/Nc2nc(-c3cccc([N+](=O)[O-])c3)cs2)c(Br)c1O. The largest absolute Gasteiger partial charge is 0.503 e. The maximum absolute atomic E-state index is 10.9. The Bertz CT molecular complexity index is 1020. The number of phenols is 1. The highest BCUT2D eigenvalue weighted by Crippen LogP contribution is 2.35. The van der Waals surface area contributed by atoms with Crippen molar-refractivity contribution in [3.8, 4) is 22.8 Å². The number of nitro groups is 1. The van der Waals surface area contributed by atoms with E-state index < -0.39 is 4.92 Å². The third kappa shape index (κ3) is 4.23. The molecule has 0 amide bonds. The van der Waals surface area contributed by atoms with E-state index >= 15 is 0 Å². The Hall–Kier alpha value is -2.98. The Morgan fingerprint density at radius 1 is 1.41 bits per heavy atom. The van der Waals surface area contributed by atoms with Crippen LogP contribution in [-0.4, -0.2) is 28.3 Å². The van der Waals surface area contributed by atoms with Crippen molar-refractivity contribution in [1.29, 1.82) is 0 Å². The maximum Gasteiger partial charge on any atom is 0.270 e. The van der Waals surface area contributed by atoms with Crippen LogP contribution in [0.1, 0.15) is 5.56 Å². The average Bonchev–Trinajstić information content (AvgIpc) is 3.14. The molecular formula is C17H13BrN4O4S. The summed E-state index contributed by atoms with van der Waals surface area (Å²) in [6.45, 7) is 0. The Kier molecular flexibility index (Phi) is 5.67. The molecule has 3 aromatic rings. The highest BCUT2D eigenvalue weighted by Gasteiger charge is 2.11. The number of anilines is 1. The monoisotopic (exact) mass is 448 g/mol. The quantitative estimate of drug-likeness (QED) is 0.322. The van der Waals surface area contributed by atoms with Gasteiger partial charge in [0.25, 0.3) is 5.69 Å². The number of nitrogens with one attached hydrogen (secondary N) is 1. The van der Waals surface area contributed by atoms with Crippen molar-refractivity contribution in [2.45, 2.75) is 0 Å². The molecule has 0 aliphatic carbocycles. The van der Waals surface area contributed by atoms with E-state index in [1.165, 1.54) is 36.8 Å². The molecule has 0 fully saturated rings. The van der Waals surface area contributed by atoms with E-state index in [1.807, 2.05) is 0 Å². The highest BCUT2D eigenvalue weighted by atomic mass is 79.9. The predicted octanol–water partition coefficient (Wildman–Crippen LogP) is 4.64. The fourth-order valence-corrected chi connectivity index (χ4v) is 3.32. The van der Waals surface area contributed by atoms with Crippen LogP contribution in [0, 0.1) is 10.1 Å². The van der Waals surface area contributed by atoms with Crippen molar-refractivity contribution in [3.63, 3.8) is 0 Å². The molecule has 0 aliphatic heterocycles. The van der Waals surface area contributed by atoms with Gasteiger partial charge in [-0.1, -0.05) is 12.1 Å². The van der Waals surface area contributed by atoms with Crippen molar-refractivity contribution in [3.05, 3.63) is 61.9 Å². The van der Waals surface area contributed by atoms with Crippen molar-refractivity contribution >= 4 is 44.3 Å². The molecule has 0 atom stereocenters. The number of hydrogen-bond acceptors (Lipinski definition) is 8. The van der Waals surface area contributed by atoms with Gasteiger partial charge in [0.2, 0.25) is 5.13 Å². The topological polar surface area (TPSA) is 110 Å². The fourth-order valence-electron chi connectivity index (χ4n) is 2.22. The van der Waals surface area contributed by atoms with E-state index in [-0.39, 0.29) is 11.4 Å². The highest BCUT2D eigenvalue weighted by molar-refractivity contribution is 9.10. The summed E-state index contributed by atoms with van der Waals surface area (Å²) < 4.78 is 5.49. The number of thiazole rings is 1. The van der Waals surface area contributed by atoms with Gasteiger partial charge in [-0.25, -0.2) is 4.98 Å². The van der Waals surface area contributed by atoms with E-state index in [2.05, 4.69) is 31.4 Å². The van der Waals surface area contributed by atoms with Gasteiger partial charge in [0, 0.05) is 28.6 Å². The van der Waals surface area contributed by atoms with Crippen LogP contribution in [0.15, 0.2) is 51.4 Å². The molecule has 8 nitrogen and oxygen atoms in total. The predicted molar refractivity (Wildman–Crippen MR) is 108 cm³/mol. The summed E-state index contributed by atoms with van der Waals surface area (Å²) in [7, 11) is 1.47. The van der Waals surface area contributed by atoms with Crippen LogP contribution < -0.4 is 10.2 Å². The van der Waals surface area contributed by atoms with Gasteiger partial charge >= 0.3 is 0 Å². The second kappa shape index (κ2) is 8.14. The first-order chi connectivity index (χ1) is 13.0. The average molecular weight is 449 g/mol. The fraction of sp³-hybridized carbons (Fsp3) is 0.0588. The van der Waals surface area contributed by atoms with Crippen molar-refractivity contribution in [2.75, 3.05) is 12.5 Å². The summed E-state index contributed by atoms with van der Waals surface area (Å²) in [5, 5.41) is 27.3. The molecule has 0 radical (unpaired) electrons. The summed E-state index contributed by atoms with van der Waals surface area (Å²) in [4.78, 5) is 14.8. The minimum atomic E-state index is -0.443. The van der Waals surface area contributed by atoms with Crippen LogP contribution in [0.4, 0.5) is 10.8 Å². The summed E-state index contributed by atoms with van der Waals surface area (Å²) in [6.07, 6.45) is 1.53. The van der Waals surface area contributed by atoms with Crippen molar-refractivity contribution < 1.29 is 14.8 Å². The number of nitro benzene ring substituents is 1. The van der Waals surface area contributed by atoms with Gasteiger partial charge in [-0.15, -0.1) is 11.3 Å².